The third-order valence-corrected chi connectivity index (χ3v) is 2.51. The Hall–Kier alpha value is -1.01. The molecule has 1 N–H and O–H groups in total. The van der Waals surface area contributed by atoms with Gasteiger partial charge in [0.25, 0.3) is 0 Å². The van der Waals surface area contributed by atoms with Crippen LogP contribution in [0, 0.1) is 0 Å². The lowest BCUT2D eigenvalue weighted by Crippen LogP contribution is -2.34. The first-order chi connectivity index (χ1) is 7.87. The maximum Gasteiger partial charge on any atom is 0.405 e. The number of nitrogens with zero attached hydrogens (tertiary/aromatic N) is 2. The van der Waals surface area contributed by atoms with Crippen LogP contribution in [0.3, 0.4) is 0 Å². The molecule has 0 unspecified atom stereocenters. The van der Waals surface area contributed by atoms with Gasteiger partial charge in [-0.25, -0.2) is 4.98 Å². The van der Waals surface area contributed by atoms with Crippen molar-refractivity contribution < 1.29 is 18.3 Å². The Morgan fingerprint density at radius 1 is 1.47 bits per heavy atom. The van der Waals surface area contributed by atoms with Crippen molar-refractivity contribution in [2.45, 2.75) is 19.7 Å². The third-order valence-electron chi connectivity index (χ3n) is 2.17. The summed E-state index contributed by atoms with van der Waals surface area (Å²) < 4.78 is 36.9. The Kier molecular flexibility index (Phi) is 4.59. The van der Waals surface area contributed by atoms with Crippen LogP contribution >= 0.6 is 11.6 Å². The van der Waals surface area contributed by atoms with Gasteiger partial charge in [-0.15, -0.1) is 0 Å². The molecule has 1 rings (SSSR count). The topological polar surface area (TPSA) is 36.4 Å². The van der Waals surface area contributed by atoms with Gasteiger partial charge in [-0.1, -0.05) is 11.6 Å². The number of hydrogen-bond acceptors (Lipinski definition) is 3. The molecular formula is C10H12ClF3N2O. The average Bonchev–Trinajstić information content (AvgIpc) is 2.25. The quantitative estimate of drug-likeness (QED) is 0.912. The molecule has 1 aromatic rings. The van der Waals surface area contributed by atoms with E-state index >= 15 is 0 Å². The lowest BCUT2D eigenvalue weighted by atomic mass is 10.2. The molecule has 3 nitrogen and oxygen atoms in total. The minimum Gasteiger partial charge on any atom is -0.392 e. The number of aromatic nitrogens is 1. The van der Waals surface area contributed by atoms with E-state index in [1.165, 1.54) is 12.3 Å². The maximum absolute atomic E-state index is 12.3. The van der Waals surface area contributed by atoms with Crippen LogP contribution in [-0.2, 0) is 6.61 Å². The van der Waals surface area contributed by atoms with Gasteiger partial charge in [0.05, 0.1) is 11.6 Å². The summed E-state index contributed by atoms with van der Waals surface area (Å²) in [7, 11) is 0. The maximum atomic E-state index is 12.3. The highest BCUT2D eigenvalue weighted by Gasteiger charge is 2.30. The number of aliphatic hydroxyl groups is 1. The van der Waals surface area contributed by atoms with E-state index in [1.54, 1.807) is 6.92 Å². The first kappa shape index (κ1) is 14.1. The summed E-state index contributed by atoms with van der Waals surface area (Å²) >= 11 is 5.71. The smallest absolute Gasteiger partial charge is 0.392 e. The Morgan fingerprint density at radius 3 is 2.59 bits per heavy atom. The van der Waals surface area contributed by atoms with Crippen molar-refractivity contribution in [2.24, 2.45) is 0 Å². The summed E-state index contributed by atoms with van der Waals surface area (Å²) in [6.07, 6.45) is -3.06. The van der Waals surface area contributed by atoms with Crippen molar-refractivity contribution in [3.63, 3.8) is 0 Å². The first-order valence-electron chi connectivity index (χ1n) is 4.94. The van der Waals surface area contributed by atoms with Crippen LogP contribution in [0.15, 0.2) is 12.3 Å². The largest absolute Gasteiger partial charge is 0.405 e. The van der Waals surface area contributed by atoms with E-state index in [2.05, 4.69) is 4.98 Å². The fraction of sp³-hybridized carbons (Fsp3) is 0.500. The molecule has 96 valence electrons. The van der Waals surface area contributed by atoms with Crippen molar-refractivity contribution in [3.05, 3.63) is 22.8 Å². The molecular weight excluding hydrogens is 257 g/mol. The summed E-state index contributed by atoms with van der Waals surface area (Å²) in [4.78, 5) is 4.89. The predicted molar refractivity (Wildman–Crippen MR) is 59.1 cm³/mol. The first-order valence-corrected chi connectivity index (χ1v) is 5.32. The van der Waals surface area contributed by atoms with Gasteiger partial charge in [-0.3, -0.25) is 0 Å². The molecule has 0 saturated carbocycles. The molecule has 0 fully saturated rings. The summed E-state index contributed by atoms with van der Waals surface area (Å²) in [5.41, 5.74) is 0.359. The molecule has 1 aromatic heterocycles. The summed E-state index contributed by atoms with van der Waals surface area (Å²) in [5, 5.41) is 9.21. The zero-order valence-electron chi connectivity index (χ0n) is 9.13. The van der Waals surface area contributed by atoms with Crippen molar-refractivity contribution in [3.8, 4) is 0 Å². The van der Waals surface area contributed by atoms with Crippen LogP contribution < -0.4 is 4.90 Å². The van der Waals surface area contributed by atoms with Crippen LogP contribution in [0.1, 0.15) is 12.5 Å². The molecule has 0 aliphatic rings. The van der Waals surface area contributed by atoms with Gasteiger partial charge in [0.15, 0.2) is 0 Å². The van der Waals surface area contributed by atoms with Crippen molar-refractivity contribution in [1.29, 1.82) is 0 Å². The van der Waals surface area contributed by atoms with Gasteiger partial charge < -0.3 is 10.0 Å². The standard InChI is InChI=1S/C10H12ClF3N2O/c1-2-16(6-10(12,13)14)9-3-7(5-17)8(11)4-15-9/h3-4,17H,2,5-6H2,1H3. The molecule has 0 radical (unpaired) electrons. The van der Waals surface area contributed by atoms with Crippen molar-refractivity contribution in [2.75, 3.05) is 18.0 Å². The summed E-state index contributed by atoms with van der Waals surface area (Å²) in [5.74, 6) is 0.151. The van der Waals surface area contributed by atoms with E-state index in [1.807, 2.05) is 0 Å². The SMILES string of the molecule is CCN(CC(F)(F)F)c1cc(CO)c(Cl)cn1. The van der Waals surface area contributed by atoms with Crippen LogP contribution in [-0.4, -0.2) is 29.4 Å². The minimum atomic E-state index is -4.29. The van der Waals surface area contributed by atoms with Crippen molar-refractivity contribution in [1.82, 2.24) is 4.98 Å². The van der Waals surface area contributed by atoms with Gasteiger partial charge in [0, 0.05) is 18.3 Å². The number of hydrogen-bond donors (Lipinski definition) is 1. The number of anilines is 1. The number of rotatable bonds is 4. The molecule has 7 heteroatoms. The normalized spacial score (nSPS) is 11.6. The average molecular weight is 269 g/mol. The summed E-state index contributed by atoms with van der Waals surface area (Å²) in [6, 6.07) is 1.36. The highest BCUT2D eigenvalue weighted by atomic mass is 35.5. The molecule has 0 aliphatic carbocycles. The Morgan fingerprint density at radius 2 is 2.12 bits per heavy atom. The molecule has 0 saturated heterocycles. The fourth-order valence-corrected chi connectivity index (χ4v) is 1.50. The second-order valence-electron chi connectivity index (χ2n) is 3.42. The Bertz CT molecular complexity index is 384. The summed E-state index contributed by atoms with van der Waals surface area (Å²) in [6.45, 7) is 0.348. The molecule has 0 amide bonds. The minimum absolute atomic E-state index is 0.151. The number of pyridine rings is 1. The van der Waals surface area contributed by atoms with Gasteiger partial charge in [0.1, 0.15) is 12.4 Å². The zero-order valence-corrected chi connectivity index (χ0v) is 9.89. The van der Waals surface area contributed by atoms with E-state index in [4.69, 9.17) is 16.7 Å². The molecule has 0 aliphatic heterocycles. The number of halogens is 4. The van der Waals surface area contributed by atoms with Gasteiger partial charge in [-0.05, 0) is 13.0 Å². The molecule has 0 atom stereocenters. The van der Waals surface area contributed by atoms with E-state index in [0.29, 0.717) is 5.56 Å². The lowest BCUT2D eigenvalue weighted by molar-refractivity contribution is -0.119. The van der Waals surface area contributed by atoms with E-state index < -0.39 is 12.7 Å². The van der Waals surface area contributed by atoms with Crippen molar-refractivity contribution >= 4 is 17.4 Å². The second kappa shape index (κ2) is 5.55. The van der Waals surface area contributed by atoms with Crippen LogP contribution in [0.4, 0.5) is 19.0 Å². The Balaban J connectivity index is 2.96. The third kappa shape index (κ3) is 4.05. The fourth-order valence-electron chi connectivity index (χ4n) is 1.33. The van der Waals surface area contributed by atoms with Gasteiger partial charge in [-0.2, -0.15) is 13.2 Å². The zero-order chi connectivity index (χ0) is 13.1. The monoisotopic (exact) mass is 268 g/mol. The number of alkyl halides is 3. The molecule has 0 spiro atoms. The highest BCUT2D eigenvalue weighted by molar-refractivity contribution is 6.31. The van der Waals surface area contributed by atoms with E-state index in [-0.39, 0.29) is 24.0 Å². The lowest BCUT2D eigenvalue weighted by Gasteiger charge is -2.23. The van der Waals surface area contributed by atoms with Gasteiger partial charge >= 0.3 is 6.18 Å². The highest BCUT2D eigenvalue weighted by Crippen LogP contribution is 2.24. The molecule has 17 heavy (non-hydrogen) atoms. The van der Waals surface area contributed by atoms with E-state index in [9.17, 15) is 13.2 Å². The Labute approximate surface area is 102 Å². The van der Waals surface area contributed by atoms with Crippen LogP contribution in [0.5, 0.6) is 0 Å². The molecule has 1 heterocycles. The van der Waals surface area contributed by atoms with Crippen LogP contribution in [0.25, 0.3) is 0 Å². The van der Waals surface area contributed by atoms with Crippen LogP contribution in [0.2, 0.25) is 5.02 Å². The van der Waals surface area contributed by atoms with Gasteiger partial charge in [0.2, 0.25) is 0 Å². The number of aliphatic hydroxyl groups excluding tert-OH is 1. The predicted octanol–water partition coefficient (Wildman–Crippen LogP) is 2.62. The molecule has 0 bridgehead atoms. The molecule has 0 aromatic carbocycles. The van der Waals surface area contributed by atoms with E-state index in [0.717, 1.165) is 4.90 Å². The second-order valence-corrected chi connectivity index (χ2v) is 3.83.